The summed E-state index contributed by atoms with van der Waals surface area (Å²) in [5.74, 6) is -2.80. The van der Waals surface area contributed by atoms with E-state index in [-0.39, 0.29) is 42.3 Å². The Kier molecular flexibility index (Phi) is 13.3. The van der Waals surface area contributed by atoms with E-state index in [9.17, 15) is 29.1 Å². The zero-order chi connectivity index (χ0) is 40.3. The van der Waals surface area contributed by atoms with Crippen LogP contribution in [0, 0.1) is 22.7 Å². The molecule has 308 valence electrons. The first-order valence-electron chi connectivity index (χ1n) is 20.4. The van der Waals surface area contributed by atoms with Crippen molar-refractivity contribution in [2.75, 3.05) is 19.6 Å². The van der Waals surface area contributed by atoms with Crippen molar-refractivity contribution in [3.63, 3.8) is 0 Å². The number of amides is 6. The molecule has 2 aliphatic heterocycles. The Bertz CT molecular complexity index is 1490. The first kappa shape index (κ1) is 42.4. The average molecular weight is 772 g/mol. The highest BCUT2D eigenvalue weighted by molar-refractivity contribution is 6.38. The Morgan fingerprint density at radius 1 is 0.982 bits per heavy atom. The van der Waals surface area contributed by atoms with Crippen LogP contribution in [-0.2, 0) is 23.9 Å². The van der Waals surface area contributed by atoms with Gasteiger partial charge in [0.2, 0.25) is 17.6 Å². The smallest absolute Gasteiger partial charge is 0.404 e. The maximum absolute atomic E-state index is 15.2. The van der Waals surface area contributed by atoms with Crippen molar-refractivity contribution in [3.05, 3.63) is 12.2 Å². The van der Waals surface area contributed by atoms with Crippen molar-refractivity contribution in [2.24, 2.45) is 28.4 Å². The van der Waals surface area contributed by atoms with Crippen LogP contribution in [0.2, 0.25) is 0 Å². The van der Waals surface area contributed by atoms with Gasteiger partial charge in [0.25, 0.3) is 5.91 Å². The maximum Gasteiger partial charge on any atom is 0.404 e. The molecule has 0 radical (unpaired) electrons. The van der Waals surface area contributed by atoms with Crippen LogP contribution in [0.15, 0.2) is 12.2 Å². The fraction of sp³-hybridized carbons (Fsp3) is 0.800. The van der Waals surface area contributed by atoms with Gasteiger partial charge >= 0.3 is 12.1 Å². The zero-order valence-corrected chi connectivity index (χ0v) is 33.7. The molecule has 7 atom stereocenters. The minimum absolute atomic E-state index is 0.0148. The Balaban J connectivity index is 1.39. The molecule has 15 heteroatoms. The lowest BCUT2D eigenvalue weighted by atomic mass is 9.74. The number of rotatable bonds is 13. The summed E-state index contributed by atoms with van der Waals surface area (Å²) in [6, 6.07) is -3.44. The van der Waals surface area contributed by atoms with Crippen LogP contribution in [0.5, 0.6) is 0 Å². The molecule has 5 rings (SSSR count). The summed E-state index contributed by atoms with van der Waals surface area (Å²) in [4.78, 5) is 85.0. The number of aliphatic hydroxyl groups is 1. The maximum atomic E-state index is 15.2. The first-order chi connectivity index (χ1) is 25.8. The summed E-state index contributed by atoms with van der Waals surface area (Å²) in [6.07, 6.45) is 8.75. The molecule has 2 saturated carbocycles. The third kappa shape index (κ3) is 11.2. The van der Waals surface area contributed by atoms with Crippen molar-refractivity contribution in [1.82, 2.24) is 31.1 Å². The standard InChI is InChI=1S/C40H65N7O8/c1-24-11-9-7-8-10-16-40(24,45-37(54)44-30(38(2,3)4)23-46-18-17-39(5,6)21-31(46)48)35(52)47-22-27(55-36(41)53)20-29(47)33(50)43-28(19-25-12-13-25)32(49)34(51)42-26-14-15-26/h14-15,24-31,48H,7-13,16-23H2,1-6H3,(H2,41,53)(H,42,51)(H,43,50)(H2,44,45,54)/t24?,27-,28?,29+,30-,31?,40+/m1/s1. The SMILES string of the molecule is CC1CCCCCC[C@@]1(NC(=O)N[C@H](CN1CCC(C)(C)CC1O)C(C)(C)C)C(=O)N1C[C@H](OC(N)=O)C[C@H]1C(=O)NC(CC1CC1)C(=O)C(=O)NC1C=C1. The second kappa shape index (κ2) is 17.2. The monoisotopic (exact) mass is 771 g/mol. The lowest BCUT2D eigenvalue weighted by Crippen LogP contribution is -2.68. The number of hydrogen-bond donors (Lipinski definition) is 6. The molecule has 0 spiro atoms. The highest BCUT2D eigenvalue weighted by Crippen LogP contribution is 2.38. The largest absolute Gasteiger partial charge is 0.444 e. The van der Waals surface area contributed by atoms with Crippen molar-refractivity contribution >= 4 is 35.6 Å². The van der Waals surface area contributed by atoms with Gasteiger partial charge in [-0.15, -0.1) is 0 Å². The van der Waals surface area contributed by atoms with E-state index >= 15 is 4.79 Å². The van der Waals surface area contributed by atoms with E-state index in [2.05, 4.69) is 35.1 Å². The minimum Gasteiger partial charge on any atom is -0.444 e. The Hall–Kier alpha value is -3.72. The van der Waals surface area contributed by atoms with E-state index in [0.29, 0.717) is 45.2 Å². The van der Waals surface area contributed by atoms with Crippen molar-refractivity contribution in [1.29, 1.82) is 0 Å². The van der Waals surface area contributed by atoms with E-state index < -0.39 is 71.0 Å². The van der Waals surface area contributed by atoms with Gasteiger partial charge in [-0.2, -0.15) is 0 Å². The van der Waals surface area contributed by atoms with Gasteiger partial charge in [0.15, 0.2) is 0 Å². The van der Waals surface area contributed by atoms with Gasteiger partial charge in [-0.05, 0) is 54.8 Å². The Morgan fingerprint density at radius 3 is 2.29 bits per heavy atom. The van der Waals surface area contributed by atoms with E-state index in [1.165, 1.54) is 4.90 Å². The number of carbonyl (C=O) groups excluding carboxylic acids is 6. The molecule has 0 aromatic heterocycles. The highest BCUT2D eigenvalue weighted by atomic mass is 16.6. The molecular formula is C40H65N7O8. The van der Waals surface area contributed by atoms with Crippen LogP contribution < -0.4 is 27.0 Å². The quantitative estimate of drug-likeness (QED) is 0.120. The summed E-state index contributed by atoms with van der Waals surface area (Å²) < 4.78 is 5.35. The van der Waals surface area contributed by atoms with E-state index in [4.69, 9.17) is 10.5 Å². The molecular weight excluding hydrogens is 706 g/mol. The summed E-state index contributed by atoms with van der Waals surface area (Å²) >= 11 is 0. The van der Waals surface area contributed by atoms with Crippen LogP contribution in [0.3, 0.4) is 0 Å². The van der Waals surface area contributed by atoms with Crippen LogP contribution in [0.4, 0.5) is 9.59 Å². The van der Waals surface area contributed by atoms with Crippen LogP contribution in [-0.4, -0.2) is 112 Å². The van der Waals surface area contributed by atoms with Crippen LogP contribution in [0.1, 0.15) is 119 Å². The van der Waals surface area contributed by atoms with Gasteiger partial charge in [0.05, 0.1) is 18.6 Å². The highest BCUT2D eigenvalue weighted by Gasteiger charge is 2.53. The number of nitrogens with two attached hydrogens (primary N) is 1. The van der Waals surface area contributed by atoms with Gasteiger partial charge in [0, 0.05) is 25.6 Å². The molecule has 3 unspecified atom stereocenters. The number of nitrogens with zero attached hydrogens (tertiary/aromatic N) is 2. The van der Waals surface area contributed by atoms with Gasteiger partial charge in [-0.3, -0.25) is 24.1 Å². The van der Waals surface area contributed by atoms with Gasteiger partial charge in [-0.1, -0.05) is 92.2 Å². The van der Waals surface area contributed by atoms with Gasteiger partial charge < -0.3 is 41.7 Å². The number of nitrogens with one attached hydrogen (secondary N) is 4. The van der Waals surface area contributed by atoms with Crippen molar-refractivity contribution < 1.29 is 38.6 Å². The second-order valence-corrected chi connectivity index (χ2v) is 18.7. The molecule has 5 aliphatic rings. The van der Waals surface area contributed by atoms with Gasteiger partial charge in [-0.25, -0.2) is 9.59 Å². The fourth-order valence-corrected chi connectivity index (χ4v) is 8.45. The second-order valence-electron chi connectivity index (χ2n) is 18.7. The van der Waals surface area contributed by atoms with E-state index in [1.807, 2.05) is 32.6 Å². The molecule has 2 heterocycles. The number of primary amides is 1. The number of ketones is 1. The topological polar surface area (TPSA) is 212 Å². The van der Waals surface area contributed by atoms with Crippen LogP contribution in [0.25, 0.3) is 0 Å². The first-order valence-corrected chi connectivity index (χ1v) is 20.4. The van der Waals surface area contributed by atoms with Crippen LogP contribution >= 0.6 is 0 Å². The molecule has 15 nitrogen and oxygen atoms in total. The minimum atomic E-state index is -1.41. The number of hydrogen-bond acceptors (Lipinski definition) is 9. The molecule has 0 aromatic rings. The van der Waals surface area contributed by atoms with E-state index in [0.717, 1.165) is 38.5 Å². The number of piperidine rings is 1. The molecule has 55 heavy (non-hydrogen) atoms. The summed E-state index contributed by atoms with van der Waals surface area (Å²) in [6.45, 7) is 13.3. The van der Waals surface area contributed by atoms with Gasteiger partial charge in [0.1, 0.15) is 23.9 Å². The lowest BCUT2D eigenvalue weighted by molar-refractivity contribution is -0.147. The summed E-state index contributed by atoms with van der Waals surface area (Å²) in [5.41, 5.74) is 3.60. The predicted molar refractivity (Wildman–Crippen MR) is 205 cm³/mol. The molecule has 4 fully saturated rings. The summed E-state index contributed by atoms with van der Waals surface area (Å²) in [5, 5.41) is 22.7. The lowest BCUT2D eigenvalue weighted by Gasteiger charge is -2.45. The molecule has 0 bridgehead atoms. The van der Waals surface area contributed by atoms with Crippen molar-refractivity contribution in [2.45, 2.75) is 161 Å². The molecule has 2 saturated heterocycles. The molecule has 7 N–H and O–H groups in total. The Morgan fingerprint density at radius 2 is 1.67 bits per heavy atom. The predicted octanol–water partition coefficient (Wildman–Crippen LogP) is 2.84. The van der Waals surface area contributed by atoms with Crippen molar-refractivity contribution in [3.8, 4) is 0 Å². The third-order valence-electron chi connectivity index (χ3n) is 12.4. The molecule has 3 aliphatic carbocycles. The summed E-state index contributed by atoms with van der Waals surface area (Å²) in [7, 11) is 0. The number of likely N-dealkylation sites (tertiary alicyclic amines) is 2. The number of aliphatic hydroxyl groups excluding tert-OH is 1. The normalized spacial score (nSPS) is 29.5. The average Bonchev–Trinajstić information content (AvgIpc) is 4.03. The number of carbonyl (C=O) groups is 6. The Labute approximate surface area is 325 Å². The molecule has 0 aromatic carbocycles. The zero-order valence-electron chi connectivity index (χ0n) is 33.7. The third-order valence-corrected chi connectivity index (χ3v) is 12.4. The molecule has 6 amide bonds. The fourth-order valence-electron chi connectivity index (χ4n) is 8.45. The number of urea groups is 1. The number of ether oxygens (including phenoxy) is 1. The van der Waals surface area contributed by atoms with E-state index in [1.54, 1.807) is 12.2 Å². The number of Topliss-reactive ketones (excluding diaryl/α,β-unsaturated/α-hetero) is 1.